The van der Waals surface area contributed by atoms with Gasteiger partial charge in [0.15, 0.2) is 5.54 Å². The van der Waals surface area contributed by atoms with Crippen LogP contribution in [0, 0.1) is 0 Å². The molecule has 4 rings (SSSR count). The number of nitrogens with zero attached hydrogens (tertiary/aromatic N) is 1. The van der Waals surface area contributed by atoms with Crippen LogP contribution in [0.4, 0.5) is 4.79 Å². The van der Waals surface area contributed by atoms with Crippen LogP contribution in [-0.4, -0.2) is 36.6 Å². The quantitative estimate of drug-likeness (QED) is 0.838. The third kappa shape index (κ3) is 2.76. The second-order valence-electron chi connectivity index (χ2n) is 6.19. The number of nitrogens with one attached hydrogen (secondary N) is 1. The maximum absolute atomic E-state index is 13.1. The van der Waals surface area contributed by atoms with Crippen molar-refractivity contribution in [3.05, 3.63) is 59.1 Å². The van der Waals surface area contributed by atoms with Crippen molar-refractivity contribution in [2.75, 3.05) is 19.8 Å². The summed E-state index contributed by atoms with van der Waals surface area (Å²) in [6.45, 7) is 0.741. The summed E-state index contributed by atoms with van der Waals surface area (Å²) < 4.78 is 11.2. The number of rotatable bonds is 4. The molecule has 2 aromatic rings. The molecule has 134 valence electrons. The van der Waals surface area contributed by atoms with Crippen molar-refractivity contribution >= 4 is 23.5 Å². The largest absolute Gasteiger partial charge is 0.493 e. The Labute approximate surface area is 155 Å². The first kappa shape index (κ1) is 16.7. The Kier molecular flexibility index (Phi) is 4.20. The van der Waals surface area contributed by atoms with Crippen LogP contribution in [0.5, 0.6) is 11.5 Å². The molecule has 7 heteroatoms. The van der Waals surface area contributed by atoms with E-state index in [0.29, 0.717) is 35.1 Å². The standard InChI is InChI=1S/C19H17ClN2O4/c20-13-5-7-14(8-6-13)25-12-10-22-17(23)19(21-18(22)24)9-11-26-16-4-2-1-3-15(16)19/h1-8H,9-12H2,(H,21,24)/t19-/m0/s1. The summed E-state index contributed by atoms with van der Waals surface area (Å²) in [6, 6.07) is 13.8. The molecule has 1 atom stereocenters. The average Bonchev–Trinajstić information content (AvgIpc) is 2.88. The topological polar surface area (TPSA) is 67.9 Å². The first-order valence-electron chi connectivity index (χ1n) is 8.35. The molecule has 1 saturated heterocycles. The van der Waals surface area contributed by atoms with Crippen LogP contribution in [0.1, 0.15) is 12.0 Å². The predicted molar refractivity (Wildman–Crippen MR) is 95.4 cm³/mol. The zero-order valence-electron chi connectivity index (χ0n) is 13.9. The lowest BCUT2D eigenvalue weighted by Gasteiger charge is -2.33. The van der Waals surface area contributed by atoms with E-state index in [-0.39, 0.29) is 19.1 Å². The fourth-order valence-corrected chi connectivity index (χ4v) is 3.49. The van der Waals surface area contributed by atoms with E-state index < -0.39 is 11.6 Å². The number of carbonyl (C=O) groups is 2. The van der Waals surface area contributed by atoms with E-state index in [0.717, 1.165) is 0 Å². The fraction of sp³-hybridized carbons (Fsp3) is 0.263. The number of imide groups is 1. The number of fused-ring (bicyclic) bond motifs is 2. The van der Waals surface area contributed by atoms with E-state index in [1.54, 1.807) is 24.3 Å². The van der Waals surface area contributed by atoms with E-state index in [2.05, 4.69) is 5.32 Å². The van der Waals surface area contributed by atoms with Gasteiger partial charge in [0.05, 0.1) is 13.2 Å². The molecule has 3 amide bonds. The molecule has 2 aromatic carbocycles. The third-order valence-corrected chi connectivity index (χ3v) is 4.91. The van der Waals surface area contributed by atoms with Crippen molar-refractivity contribution in [3.8, 4) is 11.5 Å². The molecule has 0 radical (unpaired) electrons. The Balaban J connectivity index is 1.49. The number of ether oxygens (including phenoxy) is 2. The molecular formula is C19H17ClN2O4. The van der Waals surface area contributed by atoms with Gasteiger partial charge in [0.25, 0.3) is 5.91 Å². The monoisotopic (exact) mass is 372 g/mol. The Morgan fingerprint density at radius 1 is 1.15 bits per heavy atom. The van der Waals surface area contributed by atoms with E-state index in [1.165, 1.54) is 4.90 Å². The molecule has 1 fully saturated rings. The second-order valence-corrected chi connectivity index (χ2v) is 6.63. The first-order chi connectivity index (χ1) is 12.6. The van der Waals surface area contributed by atoms with Gasteiger partial charge in [-0.3, -0.25) is 9.69 Å². The minimum Gasteiger partial charge on any atom is -0.493 e. The maximum Gasteiger partial charge on any atom is 0.325 e. The van der Waals surface area contributed by atoms with Gasteiger partial charge in [0, 0.05) is 17.0 Å². The van der Waals surface area contributed by atoms with E-state index in [9.17, 15) is 9.59 Å². The van der Waals surface area contributed by atoms with Crippen LogP contribution in [0.15, 0.2) is 48.5 Å². The van der Waals surface area contributed by atoms with Crippen LogP contribution in [0.25, 0.3) is 0 Å². The Morgan fingerprint density at radius 3 is 2.73 bits per heavy atom. The molecule has 2 aliphatic rings. The van der Waals surface area contributed by atoms with Crippen molar-refractivity contribution in [2.24, 2.45) is 0 Å². The molecule has 0 aromatic heterocycles. The highest BCUT2D eigenvalue weighted by Crippen LogP contribution is 2.40. The van der Waals surface area contributed by atoms with Gasteiger partial charge in [0.2, 0.25) is 0 Å². The lowest BCUT2D eigenvalue weighted by molar-refractivity contribution is -0.132. The van der Waals surface area contributed by atoms with Gasteiger partial charge in [-0.1, -0.05) is 29.8 Å². The fourth-order valence-electron chi connectivity index (χ4n) is 3.36. The Hall–Kier alpha value is -2.73. The normalized spacial score (nSPS) is 21.3. The lowest BCUT2D eigenvalue weighted by atomic mass is 9.84. The zero-order chi connectivity index (χ0) is 18.1. The van der Waals surface area contributed by atoms with Crippen LogP contribution in [0.2, 0.25) is 5.02 Å². The molecule has 2 heterocycles. The van der Waals surface area contributed by atoms with Crippen molar-refractivity contribution in [1.82, 2.24) is 10.2 Å². The second kappa shape index (κ2) is 6.53. The SMILES string of the molecule is O=C1N[C@]2(CCOc3ccccc32)C(=O)N1CCOc1ccc(Cl)cc1. The van der Waals surface area contributed by atoms with Gasteiger partial charge in [-0.05, 0) is 30.3 Å². The van der Waals surface area contributed by atoms with Gasteiger partial charge in [0.1, 0.15) is 18.1 Å². The highest BCUT2D eigenvalue weighted by atomic mass is 35.5. The van der Waals surface area contributed by atoms with Crippen LogP contribution in [0.3, 0.4) is 0 Å². The van der Waals surface area contributed by atoms with Gasteiger partial charge < -0.3 is 14.8 Å². The summed E-state index contributed by atoms with van der Waals surface area (Å²) in [5, 5.41) is 3.48. The summed E-state index contributed by atoms with van der Waals surface area (Å²) in [5.74, 6) is 0.997. The molecule has 2 aliphatic heterocycles. The van der Waals surface area contributed by atoms with Crippen molar-refractivity contribution in [2.45, 2.75) is 12.0 Å². The molecule has 0 unspecified atom stereocenters. The van der Waals surface area contributed by atoms with Gasteiger partial charge in [-0.25, -0.2) is 4.79 Å². The molecule has 0 saturated carbocycles. The van der Waals surface area contributed by atoms with Crippen molar-refractivity contribution in [3.63, 3.8) is 0 Å². The van der Waals surface area contributed by atoms with Gasteiger partial charge in [-0.2, -0.15) is 0 Å². The molecule has 26 heavy (non-hydrogen) atoms. The average molecular weight is 373 g/mol. The van der Waals surface area contributed by atoms with Crippen LogP contribution >= 0.6 is 11.6 Å². The lowest BCUT2D eigenvalue weighted by Crippen LogP contribution is -2.47. The highest BCUT2D eigenvalue weighted by molar-refractivity contribution is 6.30. The number of carbonyl (C=O) groups excluding carboxylic acids is 2. The van der Waals surface area contributed by atoms with Crippen LogP contribution in [-0.2, 0) is 10.3 Å². The summed E-state index contributed by atoms with van der Waals surface area (Å²) in [4.78, 5) is 26.7. The Morgan fingerprint density at radius 2 is 1.92 bits per heavy atom. The smallest absolute Gasteiger partial charge is 0.325 e. The molecular weight excluding hydrogens is 356 g/mol. The number of hydrogen-bond acceptors (Lipinski definition) is 4. The first-order valence-corrected chi connectivity index (χ1v) is 8.73. The number of halogens is 1. The molecule has 0 bridgehead atoms. The van der Waals surface area contributed by atoms with Crippen molar-refractivity contribution < 1.29 is 19.1 Å². The molecule has 0 aliphatic carbocycles. The minimum absolute atomic E-state index is 0.165. The molecule has 1 spiro atoms. The van der Waals surface area contributed by atoms with E-state index in [1.807, 2.05) is 24.3 Å². The van der Waals surface area contributed by atoms with Gasteiger partial charge >= 0.3 is 6.03 Å². The maximum atomic E-state index is 13.1. The minimum atomic E-state index is -1.05. The van der Waals surface area contributed by atoms with Crippen LogP contribution < -0.4 is 14.8 Å². The highest BCUT2D eigenvalue weighted by Gasteiger charge is 2.54. The summed E-state index contributed by atoms with van der Waals surface area (Å²) in [5.41, 5.74) is -0.350. The number of urea groups is 1. The Bertz CT molecular complexity index is 855. The number of benzene rings is 2. The molecule has 1 N–H and O–H groups in total. The number of hydrogen-bond donors (Lipinski definition) is 1. The third-order valence-electron chi connectivity index (χ3n) is 4.65. The number of para-hydroxylation sites is 1. The van der Waals surface area contributed by atoms with Crippen molar-refractivity contribution in [1.29, 1.82) is 0 Å². The van der Waals surface area contributed by atoms with E-state index >= 15 is 0 Å². The summed E-state index contributed by atoms with van der Waals surface area (Å²) in [6.07, 6.45) is 0.406. The zero-order valence-corrected chi connectivity index (χ0v) is 14.7. The van der Waals surface area contributed by atoms with E-state index in [4.69, 9.17) is 21.1 Å². The summed E-state index contributed by atoms with van der Waals surface area (Å²) >= 11 is 5.84. The van der Waals surface area contributed by atoms with Gasteiger partial charge in [-0.15, -0.1) is 0 Å². The molecule has 6 nitrogen and oxygen atoms in total. The predicted octanol–water partition coefficient (Wildman–Crippen LogP) is 2.95. The summed E-state index contributed by atoms with van der Waals surface area (Å²) in [7, 11) is 0. The number of amides is 3.